The van der Waals surface area contributed by atoms with Gasteiger partial charge in [-0.25, -0.2) is 8.78 Å². The fraction of sp³-hybridized carbons (Fsp3) is 0.176. The Morgan fingerprint density at radius 1 is 0.826 bits per heavy atom. The van der Waals surface area contributed by atoms with Gasteiger partial charge in [0.05, 0.1) is 12.3 Å². The summed E-state index contributed by atoms with van der Waals surface area (Å²) in [5.41, 5.74) is 0.681. The lowest BCUT2D eigenvalue weighted by molar-refractivity contribution is -0.140. The molecule has 2 unspecified atom stereocenters. The number of hydrogen-bond donors (Lipinski definition) is 2. The normalized spacial score (nSPS) is 13.3. The Labute approximate surface area is 131 Å². The highest BCUT2D eigenvalue weighted by Crippen LogP contribution is 2.36. The third kappa shape index (κ3) is 4.12. The maximum atomic E-state index is 13.1. The Balaban J connectivity index is 2.48. The van der Waals surface area contributed by atoms with Gasteiger partial charge in [-0.15, -0.1) is 0 Å². The predicted molar refractivity (Wildman–Crippen MR) is 78.2 cm³/mol. The topological polar surface area (TPSA) is 74.6 Å². The minimum atomic E-state index is -1.23. The van der Waals surface area contributed by atoms with E-state index in [1.165, 1.54) is 24.3 Å². The van der Waals surface area contributed by atoms with Crippen LogP contribution in [0.5, 0.6) is 0 Å². The molecule has 0 aliphatic heterocycles. The average molecular weight is 320 g/mol. The predicted octanol–water partition coefficient (Wildman–Crippen LogP) is 3.39. The maximum Gasteiger partial charge on any atom is 0.311 e. The third-order valence-corrected chi connectivity index (χ3v) is 3.59. The monoisotopic (exact) mass is 320 g/mol. The average Bonchev–Trinajstić information content (AvgIpc) is 2.48. The molecule has 0 bridgehead atoms. The Bertz CT molecular complexity index is 696. The standard InChI is InChI=1S/C17H14F2O4/c18-12-5-1-10(2-6-12)14(9-15(20)21)16(17(22)23)11-3-7-13(19)8-4-11/h1-8,14,16H,9H2,(H,20,21)(H,22,23). The summed E-state index contributed by atoms with van der Waals surface area (Å²) in [7, 11) is 0. The molecule has 6 heteroatoms. The van der Waals surface area contributed by atoms with Crippen molar-refractivity contribution in [2.75, 3.05) is 0 Å². The first kappa shape index (κ1) is 16.6. The van der Waals surface area contributed by atoms with E-state index in [0.29, 0.717) is 5.56 Å². The fourth-order valence-electron chi connectivity index (χ4n) is 2.54. The summed E-state index contributed by atoms with van der Waals surface area (Å²) in [6.07, 6.45) is -0.444. The lowest BCUT2D eigenvalue weighted by atomic mass is 9.79. The van der Waals surface area contributed by atoms with Crippen LogP contribution in [0.1, 0.15) is 29.4 Å². The van der Waals surface area contributed by atoms with Crippen molar-refractivity contribution in [2.24, 2.45) is 0 Å². The number of carboxylic acid groups (broad SMARTS) is 2. The second kappa shape index (κ2) is 7.00. The second-order valence-corrected chi connectivity index (χ2v) is 5.12. The number of carboxylic acids is 2. The molecular weight excluding hydrogens is 306 g/mol. The van der Waals surface area contributed by atoms with Gasteiger partial charge in [-0.05, 0) is 35.4 Å². The molecule has 0 heterocycles. The van der Waals surface area contributed by atoms with E-state index in [2.05, 4.69) is 0 Å². The van der Waals surface area contributed by atoms with E-state index < -0.39 is 41.8 Å². The van der Waals surface area contributed by atoms with E-state index >= 15 is 0 Å². The van der Waals surface area contributed by atoms with Crippen molar-refractivity contribution in [3.63, 3.8) is 0 Å². The van der Waals surface area contributed by atoms with Gasteiger partial charge in [-0.2, -0.15) is 0 Å². The maximum absolute atomic E-state index is 13.1. The number of halogens is 2. The molecule has 0 aliphatic rings. The van der Waals surface area contributed by atoms with Gasteiger partial charge in [-0.1, -0.05) is 24.3 Å². The van der Waals surface area contributed by atoms with Crippen molar-refractivity contribution in [1.82, 2.24) is 0 Å². The number of carbonyl (C=O) groups is 2. The summed E-state index contributed by atoms with van der Waals surface area (Å²) >= 11 is 0. The molecule has 2 rings (SSSR count). The Kier molecular flexibility index (Phi) is 5.05. The van der Waals surface area contributed by atoms with Gasteiger partial charge >= 0.3 is 11.9 Å². The number of aliphatic carboxylic acids is 2. The van der Waals surface area contributed by atoms with Crippen LogP contribution in [0.2, 0.25) is 0 Å². The van der Waals surface area contributed by atoms with Crippen LogP contribution in [0.25, 0.3) is 0 Å². The van der Waals surface area contributed by atoms with E-state index in [1.54, 1.807) is 0 Å². The fourth-order valence-corrected chi connectivity index (χ4v) is 2.54. The Hall–Kier alpha value is -2.76. The molecule has 0 radical (unpaired) electrons. The van der Waals surface area contributed by atoms with Gasteiger partial charge in [0.15, 0.2) is 0 Å². The van der Waals surface area contributed by atoms with Crippen molar-refractivity contribution in [3.05, 3.63) is 71.3 Å². The largest absolute Gasteiger partial charge is 0.481 e. The molecular formula is C17H14F2O4. The zero-order valence-electron chi connectivity index (χ0n) is 11.9. The molecule has 120 valence electrons. The summed E-state index contributed by atoms with van der Waals surface area (Å²) < 4.78 is 26.1. The minimum Gasteiger partial charge on any atom is -0.481 e. The zero-order valence-corrected chi connectivity index (χ0v) is 11.9. The lowest BCUT2D eigenvalue weighted by Crippen LogP contribution is -2.22. The second-order valence-electron chi connectivity index (χ2n) is 5.12. The van der Waals surface area contributed by atoms with Crippen molar-refractivity contribution in [3.8, 4) is 0 Å². The highest BCUT2D eigenvalue weighted by atomic mass is 19.1. The molecule has 0 aliphatic carbocycles. The van der Waals surface area contributed by atoms with Crippen LogP contribution >= 0.6 is 0 Å². The lowest BCUT2D eigenvalue weighted by Gasteiger charge is -2.23. The van der Waals surface area contributed by atoms with Gasteiger partial charge in [0, 0.05) is 5.92 Å². The van der Waals surface area contributed by atoms with Crippen molar-refractivity contribution < 1.29 is 28.6 Å². The Morgan fingerprint density at radius 2 is 1.26 bits per heavy atom. The summed E-state index contributed by atoms with van der Waals surface area (Å²) in [5, 5.41) is 18.6. The number of hydrogen-bond acceptors (Lipinski definition) is 2. The molecule has 0 aromatic heterocycles. The zero-order chi connectivity index (χ0) is 17.0. The smallest absolute Gasteiger partial charge is 0.311 e. The molecule has 4 nitrogen and oxygen atoms in total. The van der Waals surface area contributed by atoms with E-state index in [9.17, 15) is 23.5 Å². The number of rotatable bonds is 6. The molecule has 0 saturated heterocycles. The van der Waals surface area contributed by atoms with Gasteiger partial charge in [0.2, 0.25) is 0 Å². The molecule has 2 atom stereocenters. The highest BCUT2D eigenvalue weighted by molar-refractivity contribution is 5.79. The van der Waals surface area contributed by atoms with Crippen LogP contribution in [-0.2, 0) is 9.59 Å². The van der Waals surface area contributed by atoms with Crippen LogP contribution in [-0.4, -0.2) is 22.2 Å². The van der Waals surface area contributed by atoms with Crippen LogP contribution in [0.4, 0.5) is 8.78 Å². The van der Waals surface area contributed by atoms with E-state index in [-0.39, 0.29) is 5.56 Å². The number of benzene rings is 2. The van der Waals surface area contributed by atoms with Crippen LogP contribution < -0.4 is 0 Å². The summed E-state index contributed by atoms with van der Waals surface area (Å²) in [5.74, 6) is -5.51. The van der Waals surface area contributed by atoms with E-state index in [4.69, 9.17) is 5.11 Å². The summed E-state index contributed by atoms with van der Waals surface area (Å²) in [6, 6.07) is 9.88. The molecule has 23 heavy (non-hydrogen) atoms. The minimum absolute atomic E-state index is 0.287. The third-order valence-electron chi connectivity index (χ3n) is 3.59. The van der Waals surface area contributed by atoms with Crippen LogP contribution in [0.15, 0.2) is 48.5 Å². The van der Waals surface area contributed by atoms with Gasteiger partial charge < -0.3 is 10.2 Å². The first-order valence-electron chi connectivity index (χ1n) is 6.84. The first-order valence-corrected chi connectivity index (χ1v) is 6.84. The quantitative estimate of drug-likeness (QED) is 0.855. The van der Waals surface area contributed by atoms with Crippen LogP contribution in [0, 0.1) is 11.6 Å². The Morgan fingerprint density at radius 3 is 1.65 bits per heavy atom. The molecule has 2 aromatic rings. The van der Waals surface area contributed by atoms with Crippen molar-refractivity contribution in [2.45, 2.75) is 18.3 Å². The van der Waals surface area contributed by atoms with E-state index in [0.717, 1.165) is 24.3 Å². The van der Waals surface area contributed by atoms with Crippen LogP contribution in [0.3, 0.4) is 0 Å². The molecule has 0 fully saturated rings. The van der Waals surface area contributed by atoms with Gasteiger partial charge in [0.25, 0.3) is 0 Å². The summed E-state index contributed by atoms with van der Waals surface area (Å²) in [4.78, 5) is 22.8. The molecule has 0 spiro atoms. The summed E-state index contributed by atoms with van der Waals surface area (Å²) in [6.45, 7) is 0. The molecule has 0 amide bonds. The van der Waals surface area contributed by atoms with Crippen molar-refractivity contribution >= 4 is 11.9 Å². The van der Waals surface area contributed by atoms with E-state index in [1.807, 2.05) is 0 Å². The molecule has 2 N–H and O–H groups in total. The SMILES string of the molecule is O=C(O)CC(c1ccc(F)cc1)C(C(=O)O)c1ccc(F)cc1. The molecule has 0 saturated carbocycles. The van der Waals surface area contributed by atoms with Crippen molar-refractivity contribution in [1.29, 1.82) is 0 Å². The first-order chi connectivity index (χ1) is 10.9. The molecule has 2 aromatic carbocycles. The highest BCUT2D eigenvalue weighted by Gasteiger charge is 2.32. The van der Waals surface area contributed by atoms with Gasteiger partial charge in [-0.3, -0.25) is 9.59 Å². The van der Waals surface area contributed by atoms with Gasteiger partial charge in [0.1, 0.15) is 11.6 Å².